The van der Waals surface area contributed by atoms with Crippen LogP contribution in [0.4, 0.5) is 0 Å². The maximum absolute atomic E-state index is 11.7. The molecule has 3 unspecified atom stereocenters. The first-order valence-electron chi connectivity index (χ1n) is 4.78. The molecule has 1 amide bonds. The van der Waals surface area contributed by atoms with Crippen LogP contribution in [0.1, 0.15) is 6.92 Å². The Labute approximate surface area is 83.8 Å². The minimum Gasteiger partial charge on any atom is -0.392 e. The van der Waals surface area contributed by atoms with E-state index in [4.69, 9.17) is 15.6 Å². The largest absolute Gasteiger partial charge is 0.392 e. The quantitative estimate of drug-likeness (QED) is 0.602. The topological polar surface area (TPSA) is 75.8 Å². The highest BCUT2D eigenvalue weighted by molar-refractivity contribution is 5.79. The summed E-state index contributed by atoms with van der Waals surface area (Å²) in [6.45, 7) is 2.82. The predicted octanol–water partition coefficient (Wildman–Crippen LogP) is -1.20. The van der Waals surface area contributed by atoms with Crippen LogP contribution < -0.4 is 5.73 Å². The minimum absolute atomic E-state index is 0.0455. The number of carbonyl (C=O) groups is 1. The lowest BCUT2D eigenvalue weighted by atomic mass is 10.0. The molecule has 0 aliphatic carbocycles. The van der Waals surface area contributed by atoms with Gasteiger partial charge in [0.1, 0.15) is 0 Å². The highest BCUT2D eigenvalue weighted by Gasteiger charge is 2.33. The third kappa shape index (κ3) is 2.67. The van der Waals surface area contributed by atoms with E-state index in [1.54, 1.807) is 14.0 Å². The van der Waals surface area contributed by atoms with Crippen LogP contribution in [-0.2, 0) is 9.53 Å². The maximum Gasteiger partial charge on any atom is 0.229 e. The van der Waals surface area contributed by atoms with Crippen LogP contribution in [0.25, 0.3) is 0 Å². The number of hydrogen-bond acceptors (Lipinski definition) is 4. The van der Waals surface area contributed by atoms with Crippen molar-refractivity contribution in [2.75, 3.05) is 26.8 Å². The Kier molecular flexibility index (Phi) is 3.86. The van der Waals surface area contributed by atoms with Crippen LogP contribution >= 0.6 is 0 Å². The van der Waals surface area contributed by atoms with Gasteiger partial charge in [0.25, 0.3) is 0 Å². The van der Waals surface area contributed by atoms with Crippen molar-refractivity contribution >= 4 is 5.91 Å². The van der Waals surface area contributed by atoms with Crippen molar-refractivity contribution in [3.8, 4) is 0 Å². The summed E-state index contributed by atoms with van der Waals surface area (Å²) in [5.41, 5.74) is 5.71. The van der Waals surface area contributed by atoms with Gasteiger partial charge in [-0.2, -0.15) is 0 Å². The van der Waals surface area contributed by atoms with Crippen molar-refractivity contribution in [1.29, 1.82) is 0 Å². The van der Waals surface area contributed by atoms with Crippen molar-refractivity contribution in [2.45, 2.75) is 19.1 Å². The lowest BCUT2D eigenvalue weighted by Crippen LogP contribution is -2.43. The summed E-state index contributed by atoms with van der Waals surface area (Å²) < 4.78 is 5.11. The van der Waals surface area contributed by atoms with Crippen LogP contribution in [0.5, 0.6) is 0 Å². The van der Waals surface area contributed by atoms with E-state index in [0.717, 1.165) is 0 Å². The van der Waals surface area contributed by atoms with Crippen LogP contribution in [-0.4, -0.2) is 54.9 Å². The van der Waals surface area contributed by atoms with Crippen molar-refractivity contribution in [3.63, 3.8) is 0 Å². The minimum atomic E-state index is -0.512. The molecule has 1 saturated heterocycles. The lowest BCUT2D eigenvalue weighted by Gasteiger charge is -2.23. The maximum atomic E-state index is 11.7. The molecule has 1 rings (SSSR count). The molecule has 3 N–H and O–H groups in total. The zero-order valence-corrected chi connectivity index (χ0v) is 8.64. The molecular formula is C9H18N2O3. The van der Waals surface area contributed by atoms with Crippen LogP contribution in [0.3, 0.4) is 0 Å². The molecule has 0 aromatic heterocycles. The van der Waals surface area contributed by atoms with E-state index in [1.807, 2.05) is 0 Å². The number of aliphatic hydroxyl groups excluding tert-OH is 1. The number of carbonyl (C=O) groups excluding carboxylic acids is 1. The second-order valence-corrected chi connectivity index (χ2v) is 3.88. The number of nitrogens with two attached hydrogens (primary N) is 1. The molecule has 0 saturated carbocycles. The summed E-state index contributed by atoms with van der Waals surface area (Å²) in [4.78, 5) is 13.2. The Bertz CT molecular complexity index is 208. The molecule has 0 aromatic rings. The van der Waals surface area contributed by atoms with Gasteiger partial charge in [0.05, 0.1) is 25.2 Å². The van der Waals surface area contributed by atoms with Gasteiger partial charge in [-0.25, -0.2) is 0 Å². The molecule has 1 fully saturated rings. The van der Waals surface area contributed by atoms with E-state index in [2.05, 4.69) is 0 Å². The first-order chi connectivity index (χ1) is 6.52. The fourth-order valence-electron chi connectivity index (χ4n) is 1.59. The summed E-state index contributed by atoms with van der Waals surface area (Å²) in [5, 5.41) is 9.12. The van der Waals surface area contributed by atoms with Gasteiger partial charge in [-0.15, -0.1) is 0 Å². The molecule has 0 aromatic carbocycles. The molecular weight excluding hydrogens is 184 g/mol. The lowest BCUT2D eigenvalue weighted by molar-refractivity contribution is -0.135. The van der Waals surface area contributed by atoms with Gasteiger partial charge in [0.15, 0.2) is 0 Å². The summed E-state index contributed by atoms with van der Waals surface area (Å²) in [6.07, 6.45) is -0.512. The number of nitrogens with zero attached hydrogens (tertiary/aromatic N) is 1. The average molecular weight is 202 g/mol. The summed E-state index contributed by atoms with van der Waals surface area (Å²) in [6, 6.07) is -0.209. The molecule has 3 atom stereocenters. The van der Waals surface area contributed by atoms with Crippen molar-refractivity contribution < 1.29 is 14.6 Å². The Balaban J connectivity index is 2.47. The summed E-state index contributed by atoms with van der Waals surface area (Å²) >= 11 is 0. The molecule has 0 radical (unpaired) electrons. The van der Waals surface area contributed by atoms with Crippen LogP contribution in [0.15, 0.2) is 0 Å². The van der Waals surface area contributed by atoms with Gasteiger partial charge in [-0.05, 0) is 6.92 Å². The highest BCUT2D eigenvalue weighted by Crippen LogP contribution is 2.14. The molecule has 5 nitrogen and oxygen atoms in total. The Morgan fingerprint density at radius 2 is 2.36 bits per heavy atom. The normalized spacial score (nSPS) is 28.9. The Morgan fingerprint density at radius 3 is 2.79 bits per heavy atom. The molecule has 14 heavy (non-hydrogen) atoms. The Morgan fingerprint density at radius 1 is 1.71 bits per heavy atom. The third-order valence-electron chi connectivity index (χ3n) is 2.36. The van der Waals surface area contributed by atoms with Gasteiger partial charge in [-0.3, -0.25) is 4.79 Å². The standard InChI is InChI=1S/C9H18N2O3/c1-6(12)3-11(2)9(13)7-4-14-5-8(7)10/h6-8,12H,3-5,10H2,1-2H3. The van der Waals surface area contributed by atoms with E-state index < -0.39 is 6.10 Å². The van der Waals surface area contributed by atoms with E-state index >= 15 is 0 Å². The zero-order valence-electron chi connectivity index (χ0n) is 8.64. The molecule has 1 aliphatic heterocycles. The average Bonchev–Trinajstić information content (AvgIpc) is 2.48. The van der Waals surface area contributed by atoms with Crippen molar-refractivity contribution in [2.24, 2.45) is 11.7 Å². The predicted molar refractivity (Wildman–Crippen MR) is 51.6 cm³/mol. The van der Waals surface area contributed by atoms with Crippen molar-refractivity contribution in [1.82, 2.24) is 4.90 Å². The SMILES string of the molecule is CC(O)CN(C)C(=O)C1COCC1N. The molecule has 5 heteroatoms. The van der Waals surface area contributed by atoms with Crippen LogP contribution in [0.2, 0.25) is 0 Å². The second-order valence-electron chi connectivity index (χ2n) is 3.88. The first kappa shape index (κ1) is 11.4. The van der Waals surface area contributed by atoms with Crippen LogP contribution in [0, 0.1) is 5.92 Å². The van der Waals surface area contributed by atoms with E-state index in [0.29, 0.717) is 19.8 Å². The molecule has 0 spiro atoms. The molecule has 82 valence electrons. The summed E-state index contributed by atoms with van der Waals surface area (Å²) in [7, 11) is 1.67. The second kappa shape index (κ2) is 4.72. The van der Waals surface area contributed by atoms with Gasteiger partial charge >= 0.3 is 0 Å². The number of rotatable bonds is 3. The number of amides is 1. The van der Waals surface area contributed by atoms with E-state index in [-0.39, 0.29) is 17.9 Å². The number of ether oxygens (including phenoxy) is 1. The summed E-state index contributed by atoms with van der Waals surface area (Å²) in [5.74, 6) is -0.297. The number of hydrogen-bond donors (Lipinski definition) is 2. The first-order valence-corrected chi connectivity index (χ1v) is 4.78. The molecule has 1 aliphatic rings. The fourth-order valence-corrected chi connectivity index (χ4v) is 1.59. The van der Waals surface area contributed by atoms with Gasteiger partial charge in [0, 0.05) is 19.6 Å². The molecule has 0 bridgehead atoms. The third-order valence-corrected chi connectivity index (χ3v) is 2.36. The smallest absolute Gasteiger partial charge is 0.229 e. The van der Waals surface area contributed by atoms with Gasteiger partial charge in [0.2, 0.25) is 5.91 Å². The fraction of sp³-hybridized carbons (Fsp3) is 0.889. The number of likely N-dealkylation sites (N-methyl/N-ethyl adjacent to an activating group) is 1. The van der Waals surface area contributed by atoms with Gasteiger partial charge < -0.3 is 20.5 Å². The monoisotopic (exact) mass is 202 g/mol. The van der Waals surface area contributed by atoms with E-state index in [1.165, 1.54) is 4.90 Å². The Hall–Kier alpha value is -0.650. The zero-order chi connectivity index (χ0) is 10.7. The number of aliphatic hydroxyl groups is 1. The molecule has 1 heterocycles. The van der Waals surface area contributed by atoms with E-state index in [9.17, 15) is 4.79 Å². The van der Waals surface area contributed by atoms with Gasteiger partial charge in [-0.1, -0.05) is 0 Å². The highest BCUT2D eigenvalue weighted by atomic mass is 16.5. The van der Waals surface area contributed by atoms with Crippen molar-refractivity contribution in [3.05, 3.63) is 0 Å².